The minimum absolute atomic E-state index is 0.289. The Morgan fingerprint density at radius 1 is 1.05 bits per heavy atom. The van der Waals surface area contributed by atoms with Crippen LogP contribution < -0.4 is 11.1 Å². The van der Waals surface area contributed by atoms with Gasteiger partial charge in [0, 0.05) is 11.7 Å². The maximum atomic E-state index is 10.9. The lowest BCUT2D eigenvalue weighted by Crippen LogP contribution is -2.23. The molecule has 1 aromatic carbocycles. The number of carbonyl (C=O) groups excluding carboxylic acids is 1. The number of nitrogens with two attached hydrogens (primary N) is 1. The first-order chi connectivity index (χ1) is 9.36. The number of benzene rings is 1. The van der Waals surface area contributed by atoms with Crippen LogP contribution in [0.25, 0.3) is 0 Å². The van der Waals surface area contributed by atoms with E-state index >= 15 is 0 Å². The predicted octanol–water partition coefficient (Wildman–Crippen LogP) is 3.59. The lowest BCUT2D eigenvalue weighted by molar-refractivity contribution is -0.117. The van der Waals surface area contributed by atoms with Crippen LogP contribution in [0, 0.1) is 11.8 Å². The SMILES string of the molecule is CC(C)CC(CC(C)C)Nc1ccc(CC(N)=O)cc1. The molecule has 1 rings (SSSR count). The van der Waals surface area contributed by atoms with E-state index in [9.17, 15) is 4.79 Å². The zero-order chi connectivity index (χ0) is 15.1. The number of nitrogens with one attached hydrogen (secondary N) is 1. The minimum Gasteiger partial charge on any atom is -0.382 e. The number of carbonyl (C=O) groups is 1. The Kier molecular flexibility index (Phi) is 6.56. The first-order valence-electron chi connectivity index (χ1n) is 7.50. The van der Waals surface area contributed by atoms with Crippen LogP contribution >= 0.6 is 0 Å². The van der Waals surface area contributed by atoms with Crippen LogP contribution in [0.2, 0.25) is 0 Å². The first kappa shape index (κ1) is 16.5. The Morgan fingerprint density at radius 2 is 1.55 bits per heavy atom. The fourth-order valence-corrected chi connectivity index (χ4v) is 2.51. The Balaban J connectivity index is 2.65. The number of hydrogen-bond donors (Lipinski definition) is 2. The number of amides is 1. The van der Waals surface area contributed by atoms with Gasteiger partial charge in [-0.2, -0.15) is 0 Å². The number of hydrogen-bond acceptors (Lipinski definition) is 2. The van der Waals surface area contributed by atoms with Gasteiger partial charge in [0.25, 0.3) is 0 Å². The molecule has 3 N–H and O–H groups in total. The topological polar surface area (TPSA) is 55.1 Å². The summed E-state index contributed by atoms with van der Waals surface area (Å²) in [4.78, 5) is 10.9. The fraction of sp³-hybridized carbons (Fsp3) is 0.588. The molecule has 20 heavy (non-hydrogen) atoms. The number of rotatable bonds is 8. The third-order valence-corrected chi connectivity index (χ3v) is 3.21. The molecule has 1 aromatic rings. The van der Waals surface area contributed by atoms with E-state index in [1.807, 2.05) is 24.3 Å². The van der Waals surface area contributed by atoms with Gasteiger partial charge in [0.15, 0.2) is 0 Å². The van der Waals surface area contributed by atoms with E-state index in [2.05, 4.69) is 33.0 Å². The second-order valence-electron chi connectivity index (χ2n) is 6.44. The Morgan fingerprint density at radius 3 is 1.95 bits per heavy atom. The molecule has 0 aliphatic carbocycles. The van der Waals surface area contributed by atoms with Gasteiger partial charge >= 0.3 is 0 Å². The van der Waals surface area contributed by atoms with Crippen LogP contribution in [0.4, 0.5) is 5.69 Å². The van der Waals surface area contributed by atoms with E-state index in [0.29, 0.717) is 24.3 Å². The van der Waals surface area contributed by atoms with Crippen LogP contribution in [0.5, 0.6) is 0 Å². The van der Waals surface area contributed by atoms with Crippen molar-refractivity contribution < 1.29 is 4.79 Å². The van der Waals surface area contributed by atoms with Crippen LogP contribution in [0.15, 0.2) is 24.3 Å². The summed E-state index contributed by atoms with van der Waals surface area (Å²) >= 11 is 0. The van der Waals surface area contributed by atoms with E-state index in [1.165, 1.54) is 12.8 Å². The van der Waals surface area contributed by atoms with Gasteiger partial charge in [-0.3, -0.25) is 4.79 Å². The highest BCUT2D eigenvalue weighted by molar-refractivity contribution is 5.76. The Labute approximate surface area is 122 Å². The van der Waals surface area contributed by atoms with Gasteiger partial charge < -0.3 is 11.1 Å². The molecule has 0 fully saturated rings. The van der Waals surface area contributed by atoms with Gasteiger partial charge in [-0.25, -0.2) is 0 Å². The van der Waals surface area contributed by atoms with Gasteiger partial charge in [-0.1, -0.05) is 39.8 Å². The second-order valence-corrected chi connectivity index (χ2v) is 6.44. The third kappa shape index (κ3) is 6.60. The maximum Gasteiger partial charge on any atom is 0.221 e. The minimum atomic E-state index is -0.289. The third-order valence-electron chi connectivity index (χ3n) is 3.21. The van der Waals surface area contributed by atoms with Crippen LogP contribution in [0.1, 0.15) is 46.1 Å². The van der Waals surface area contributed by atoms with Crippen molar-refractivity contribution in [2.75, 3.05) is 5.32 Å². The summed E-state index contributed by atoms with van der Waals surface area (Å²) in [5.41, 5.74) is 7.28. The Bertz CT molecular complexity index is 400. The first-order valence-corrected chi connectivity index (χ1v) is 7.50. The maximum absolute atomic E-state index is 10.9. The molecular weight excluding hydrogens is 248 g/mol. The van der Waals surface area contributed by atoms with Crippen molar-refractivity contribution >= 4 is 11.6 Å². The van der Waals surface area contributed by atoms with Crippen LogP contribution in [-0.4, -0.2) is 11.9 Å². The standard InChI is InChI=1S/C17H28N2O/c1-12(2)9-16(10-13(3)4)19-15-7-5-14(6-8-15)11-17(18)20/h5-8,12-13,16,19H,9-11H2,1-4H3,(H2,18,20). The van der Waals surface area contributed by atoms with Crippen molar-refractivity contribution in [3.63, 3.8) is 0 Å². The molecule has 0 radical (unpaired) electrons. The highest BCUT2D eigenvalue weighted by Gasteiger charge is 2.12. The highest BCUT2D eigenvalue weighted by Crippen LogP contribution is 2.19. The summed E-state index contributed by atoms with van der Waals surface area (Å²) < 4.78 is 0. The molecule has 0 atom stereocenters. The molecule has 0 heterocycles. The van der Waals surface area contributed by atoms with Crippen molar-refractivity contribution in [3.05, 3.63) is 29.8 Å². The van der Waals surface area contributed by atoms with Gasteiger partial charge in [0.1, 0.15) is 0 Å². The molecule has 3 nitrogen and oxygen atoms in total. The van der Waals surface area contributed by atoms with Gasteiger partial charge in [0.05, 0.1) is 6.42 Å². The van der Waals surface area contributed by atoms with Crippen molar-refractivity contribution in [1.29, 1.82) is 0 Å². The second kappa shape index (κ2) is 7.93. The zero-order valence-corrected chi connectivity index (χ0v) is 13.1. The molecule has 0 unspecified atom stereocenters. The molecule has 0 saturated heterocycles. The molecule has 0 aliphatic rings. The molecule has 112 valence electrons. The molecule has 3 heteroatoms. The molecule has 0 aromatic heterocycles. The van der Waals surface area contributed by atoms with Crippen LogP contribution in [-0.2, 0) is 11.2 Å². The zero-order valence-electron chi connectivity index (χ0n) is 13.1. The van der Waals surface area contributed by atoms with Crippen molar-refractivity contribution in [2.24, 2.45) is 17.6 Å². The quantitative estimate of drug-likeness (QED) is 0.762. The van der Waals surface area contributed by atoms with Gasteiger partial charge in [0.2, 0.25) is 5.91 Å². The molecule has 0 saturated carbocycles. The number of primary amides is 1. The van der Waals surface area contributed by atoms with Crippen LogP contribution in [0.3, 0.4) is 0 Å². The molecule has 0 aliphatic heterocycles. The lowest BCUT2D eigenvalue weighted by atomic mass is 9.95. The number of anilines is 1. The molecular formula is C17H28N2O. The van der Waals surface area contributed by atoms with E-state index < -0.39 is 0 Å². The largest absolute Gasteiger partial charge is 0.382 e. The smallest absolute Gasteiger partial charge is 0.221 e. The molecule has 0 spiro atoms. The molecule has 0 bridgehead atoms. The van der Waals surface area contributed by atoms with Gasteiger partial charge in [-0.05, 0) is 42.4 Å². The monoisotopic (exact) mass is 276 g/mol. The summed E-state index contributed by atoms with van der Waals surface area (Å²) in [6.07, 6.45) is 2.64. The van der Waals surface area contributed by atoms with Crippen molar-refractivity contribution in [3.8, 4) is 0 Å². The normalized spacial score (nSPS) is 11.3. The summed E-state index contributed by atoms with van der Waals surface area (Å²) in [7, 11) is 0. The molecule has 1 amide bonds. The fourth-order valence-electron chi connectivity index (χ4n) is 2.51. The van der Waals surface area contributed by atoms with Gasteiger partial charge in [-0.15, -0.1) is 0 Å². The van der Waals surface area contributed by atoms with E-state index in [1.54, 1.807) is 0 Å². The van der Waals surface area contributed by atoms with E-state index in [0.717, 1.165) is 11.3 Å². The Hall–Kier alpha value is -1.51. The predicted molar refractivity (Wildman–Crippen MR) is 85.7 cm³/mol. The van der Waals surface area contributed by atoms with Crippen molar-refractivity contribution in [1.82, 2.24) is 0 Å². The lowest BCUT2D eigenvalue weighted by Gasteiger charge is -2.23. The summed E-state index contributed by atoms with van der Waals surface area (Å²) in [5.74, 6) is 1.07. The summed E-state index contributed by atoms with van der Waals surface area (Å²) in [6.45, 7) is 9.02. The average molecular weight is 276 g/mol. The highest BCUT2D eigenvalue weighted by atomic mass is 16.1. The summed E-state index contributed by atoms with van der Waals surface area (Å²) in [6, 6.07) is 8.50. The average Bonchev–Trinajstić information content (AvgIpc) is 2.29. The van der Waals surface area contributed by atoms with E-state index in [4.69, 9.17) is 5.73 Å². The van der Waals surface area contributed by atoms with Crippen molar-refractivity contribution in [2.45, 2.75) is 53.0 Å². The van der Waals surface area contributed by atoms with E-state index in [-0.39, 0.29) is 5.91 Å². The summed E-state index contributed by atoms with van der Waals surface area (Å²) in [5, 5.41) is 3.61.